The second-order valence-corrected chi connectivity index (χ2v) is 9.61. The zero-order chi connectivity index (χ0) is 23.1. The Kier molecular flexibility index (Phi) is 5.60. The zero-order valence-electron chi connectivity index (χ0n) is 18.9. The predicted molar refractivity (Wildman–Crippen MR) is 122 cm³/mol. The number of benzene rings is 2. The second-order valence-electron chi connectivity index (χ2n) is 9.61. The number of hydrogen-bond acceptors (Lipinski definition) is 4. The number of halogens is 1. The Bertz CT molecular complexity index is 1050. The lowest BCUT2D eigenvalue weighted by Gasteiger charge is -2.39. The van der Waals surface area contributed by atoms with Gasteiger partial charge in [-0.3, -0.25) is 9.69 Å². The van der Waals surface area contributed by atoms with Crippen molar-refractivity contribution in [2.24, 2.45) is 5.41 Å². The molecule has 2 amide bonds. The Hall–Kier alpha value is -2.93. The molecule has 7 heteroatoms. The molecule has 1 atom stereocenters. The van der Waals surface area contributed by atoms with E-state index in [-0.39, 0.29) is 17.8 Å². The van der Waals surface area contributed by atoms with Gasteiger partial charge in [0.2, 0.25) is 5.91 Å². The summed E-state index contributed by atoms with van der Waals surface area (Å²) >= 11 is 0. The minimum absolute atomic E-state index is 0.00997. The maximum absolute atomic E-state index is 14.4. The van der Waals surface area contributed by atoms with Gasteiger partial charge < -0.3 is 14.4 Å². The van der Waals surface area contributed by atoms with Crippen LogP contribution >= 0.6 is 0 Å². The molecule has 5 rings (SSSR count). The molecule has 2 aromatic rings. The normalized spacial score (nSPS) is 24.4. The zero-order valence-corrected chi connectivity index (χ0v) is 18.9. The highest BCUT2D eigenvalue weighted by Gasteiger charge is 2.53. The lowest BCUT2D eigenvalue weighted by atomic mass is 9.74. The maximum atomic E-state index is 14.4. The molecule has 3 aliphatic heterocycles. The topological polar surface area (TPSA) is 59.1 Å². The second kappa shape index (κ2) is 8.45. The van der Waals surface area contributed by atoms with E-state index in [1.165, 1.54) is 6.07 Å². The number of amides is 2. The molecule has 6 nitrogen and oxygen atoms in total. The fourth-order valence-corrected chi connectivity index (χ4v) is 5.35. The molecular formula is C26H29FN2O4. The van der Waals surface area contributed by atoms with Crippen LogP contribution in [0.2, 0.25) is 0 Å². The van der Waals surface area contributed by atoms with Gasteiger partial charge in [0.1, 0.15) is 5.82 Å². The molecule has 174 valence electrons. The number of aryl methyl sites for hydroxylation is 1. The van der Waals surface area contributed by atoms with Crippen molar-refractivity contribution in [3.8, 4) is 0 Å². The number of rotatable bonds is 4. The molecule has 33 heavy (non-hydrogen) atoms. The lowest BCUT2D eigenvalue weighted by Crippen LogP contribution is -2.49. The van der Waals surface area contributed by atoms with Crippen LogP contribution in [-0.4, -0.2) is 55.3 Å². The molecule has 3 heterocycles. The molecule has 0 saturated carbocycles. The van der Waals surface area contributed by atoms with Gasteiger partial charge in [-0.05, 0) is 49.9 Å². The summed E-state index contributed by atoms with van der Waals surface area (Å²) in [6, 6.07) is 14.4. The summed E-state index contributed by atoms with van der Waals surface area (Å²) in [5.41, 5.74) is 1.07. The summed E-state index contributed by atoms with van der Waals surface area (Å²) in [4.78, 5) is 30.0. The van der Waals surface area contributed by atoms with Gasteiger partial charge in [0.25, 0.3) is 0 Å². The summed E-state index contributed by atoms with van der Waals surface area (Å²) in [5, 5.41) is 0. The van der Waals surface area contributed by atoms with Crippen LogP contribution in [0.4, 0.5) is 14.9 Å². The van der Waals surface area contributed by atoms with Crippen molar-refractivity contribution in [3.63, 3.8) is 0 Å². The summed E-state index contributed by atoms with van der Waals surface area (Å²) < 4.78 is 25.8. The van der Waals surface area contributed by atoms with E-state index in [0.29, 0.717) is 64.1 Å². The monoisotopic (exact) mass is 452 g/mol. The van der Waals surface area contributed by atoms with E-state index >= 15 is 0 Å². The van der Waals surface area contributed by atoms with Crippen LogP contribution in [0, 0.1) is 18.2 Å². The Morgan fingerprint density at radius 1 is 1.03 bits per heavy atom. The van der Waals surface area contributed by atoms with E-state index in [0.717, 1.165) is 11.3 Å². The summed E-state index contributed by atoms with van der Waals surface area (Å²) in [5.74, 6) is -0.275. The van der Waals surface area contributed by atoms with E-state index in [2.05, 4.69) is 0 Å². The summed E-state index contributed by atoms with van der Waals surface area (Å²) in [7, 11) is 0. The van der Waals surface area contributed by atoms with Crippen LogP contribution in [0.1, 0.15) is 30.4 Å². The Morgan fingerprint density at radius 2 is 1.76 bits per heavy atom. The first-order valence-electron chi connectivity index (χ1n) is 11.6. The third-order valence-corrected chi connectivity index (χ3v) is 7.31. The standard InChI is InChI=1S/C26H29FN2O4/c1-19-6-8-21(9-7-19)29-18-26(33-24(29)31)10-13-28(17-26)23(30)25(11-14-32-15-12-25)16-20-4-2-3-5-22(20)27/h2-9H,10-18H2,1H3/t26-/m0/s1. The SMILES string of the molecule is Cc1ccc(N2C[C@@]3(CCN(C(=O)C4(Cc5ccccc5F)CCOCC4)C3)OC2=O)cc1. The highest BCUT2D eigenvalue weighted by molar-refractivity contribution is 5.91. The predicted octanol–water partition coefficient (Wildman–Crippen LogP) is 4.10. The molecule has 3 aliphatic rings. The highest BCUT2D eigenvalue weighted by Crippen LogP contribution is 2.41. The van der Waals surface area contributed by atoms with Gasteiger partial charge in [-0.25, -0.2) is 9.18 Å². The first-order valence-corrected chi connectivity index (χ1v) is 11.6. The van der Waals surface area contributed by atoms with Gasteiger partial charge in [0.15, 0.2) is 5.60 Å². The van der Waals surface area contributed by atoms with Crippen molar-refractivity contribution < 1.29 is 23.5 Å². The lowest BCUT2D eigenvalue weighted by molar-refractivity contribution is -0.147. The van der Waals surface area contributed by atoms with Crippen molar-refractivity contribution >= 4 is 17.7 Å². The Morgan fingerprint density at radius 3 is 2.48 bits per heavy atom. The van der Waals surface area contributed by atoms with Crippen LogP contribution in [-0.2, 0) is 20.7 Å². The number of carbonyl (C=O) groups excluding carboxylic acids is 2. The number of ether oxygens (including phenoxy) is 2. The van der Waals surface area contributed by atoms with Gasteiger partial charge in [0.05, 0.1) is 18.5 Å². The third-order valence-electron chi connectivity index (χ3n) is 7.31. The Balaban J connectivity index is 1.34. The van der Waals surface area contributed by atoms with Crippen molar-refractivity contribution in [1.82, 2.24) is 4.90 Å². The van der Waals surface area contributed by atoms with Crippen LogP contribution < -0.4 is 4.90 Å². The van der Waals surface area contributed by atoms with Crippen LogP contribution in [0.15, 0.2) is 48.5 Å². The number of hydrogen-bond donors (Lipinski definition) is 0. The minimum atomic E-state index is -0.706. The molecule has 0 bridgehead atoms. The molecule has 0 radical (unpaired) electrons. The van der Waals surface area contributed by atoms with Crippen molar-refractivity contribution in [2.45, 2.75) is 38.2 Å². The number of anilines is 1. The Labute approximate surface area is 193 Å². The van der Waals surface area contributed by atoms with Crippen LogP contribution in [0.5, 0.6) is 0 Å². The average molecular weight is 453 g/mol. The molecule has 0 aromatic heterocycles. The van der Waals surface area contributed by atoms with Gasteiger partial charge >= 0.3 is 6.09 Å². The molecule has 0 unspecified atom stereocenters. The minimum Gasteiger partial charge on any atom is -0.439 e. The quantitative estimate of drug-likeness (QED) is 0.701. The molecule has 0 aliphatic carbocycles. The fraction of sp³-hybridized carbons (Fsp3) is 0.462. The summed E-state index contributed by atoms with van der Waals surface area (Å²) in [6.45, 7) is 4.27. The maximum Gasteiger partial charge on any atom is 0.415 e. The van der Waals surface area contributed by atoms with Crippen molar-refractivity contribution in [2.75, 3.05) is 37.7 Å². The van der Waals surface area contributed by atoms with E-state index in [9.17, 15) is 14.0 Å². The molecule has 3 fully saturated rings. The number of carbonyl (C=O) groups is 2. The molecule has 3 saturated heterocycles. The van der Waals surface area contributed by atoms with Crippen molar-refractivity contribution in [3.05, 3.63) is 65.5 Å². The van der Waals surface area contributed by atoms with Gasteiger partial charge in [-0.15, -0.1) is 0 Å². The number of likely N-dealkylation sites (tertiary alicyclic amines) is 1. The van der Waals surface area contributed by atoms with E-state index in [1.807, 2.05) is 36.1 Å². The fourth-order valence-electron chi connectivity index (χ4n) is 5.35. The van der Waals surface area contributed by atoms with Gasteiger partial charge in [0, 0.05) is 31.9 Å². The van der Waals surface area contributed by atoms with E-state index < -0.39 is 11.0 Å². The first kappa shape index (κ1) is 21.9. The van der Waals surface area contributed by atoms with Crippen molar-refractivity contribution in [1.29, 1.82) is 0 Å². The highest BCUT2D eigenvalue weighted by atomic mass is 19.1. The molecule has 0 N–H and O–H groups in total. The molecule has 2 aromatic carbocycles. The van der Waals surface area contributed by atoms with Crippen LogP contribution in [0.25, 0.3) is 0 Å². The number of nitrogens with zero attached hydrogens (tertiary/aromatic N) is 2. The molecular weight excluding hydrogens is 423 g/mol. The largest absolute Gasteiger partial charge is 0.439 e. The van der Waals surface area contributed by atoms with Gasteiger partial charge in [-0.2, -0.15) is 0 Å². The van der Waals surface area contributed by atoms with E-state index in [4.69, 9.17) is 9.47 Å². The summed E-state index contributed by atoms with van der Waals surface area (Å²) in [6.07, 6.45) is 1.68. The van der Waals surface area contributed by atoms with Gasteiger partial charge in [-0.1, -0.05) is 35.9 Å². The molecule has 1 spiro atoms. The smallest absolute Gasteiger partial charge is 0.415 e. The average Bonchev–Trinajstić information content (AvgIpc) is 3.38. The van der Waals surface area contributed by atoms with E-state index in [1.54, 1.807) is 23.1 Å². The first-order chi connectivity index (χ1) is 15.9. The third kappa shape index (κ3) is 4.10. The van der Waals surface area contributed by atoms with Crippen LogP contribution in [0.3, 0.4) is 0 Å².